The van der Waals surface area contributed by atoms with E-state index in [1.54, 1.807) is 6.07 Å². The summed E-state index contributed by atoms with van der Waals surface area (Å²) in [5.41, 5.74) is -0.619. The van der Waals surface area contributed by atoms with Gasteiger partial charge in [-0.25, -0.2) is 0 Å². The minimum Gasteiger partial charge on any atom is -0.373 e. The molecule has 256 valence electrons. The number of likely N-dealkylation sites (tertiary alicyclic amines) is 1. The third-order valence-electron chi connectivity index (χ3n) is 9.06. The lowest BCUT2D eigenvalue weighted by Crippen LogP contribution is -2.47. The average molecular weight is 673 g/mol. The monoisotopic (exact) mass is 672 g/mol. The number of benzene rings is 3. The van der Waals surface area contributed by atoms with E-state index in [0.717, 1.165) is 62.8 Å². The van der Waals surface area contributed by atoms with Crippen molar-refractivity contribution in [1.82, 2.24) is 14.7 Å². The molecule has 2 fully saturated rings. The van der Waals surface area contributed by atoms with Crippen LogP contribution in [0.1, 0.15) is 52.3 Å². The highest BCUT2D eigenvalue weighted by Gasteiger charge is 2.36. The number of nitrogens with zero attached hydrogens (tertiary/aromatic N) is 4. The van der Waals surface area contributed by atoms with Gasteiger partial charge in [0, 0.05) is 58.5 Å². The molecule has 3 aromatic rings. The van der Waals surface area contributed by atoms with E-state index in [-0.39, 0.29) is 12.1 Å². The summed E-state index contributed by atoms with van der Waals surface area (Å²) in [6.45, 7) is 4.98. The van der Waals surface area contributed by atoms with Gasteiger partial charge in [0.05, 0.1) is 22.7 Å². The maximum Gasteiger partial charge on any atom is 0.416 e. The van der Waals surface area contributed by atoms with E-state index in [9.17, 15) is 39.5 Å². The summed E-state index contributed by atoms with van der Waals surface area (Å²) < 4.78 is 122. The van der Waals surface area contributed by atoms with E-state index in [1.807, 2.05) is 21.7 Å². The maximum absolute atomic E-state index is 14.0. The lowest BCUT2D eigenvalue weighted by atomic mass is 9.94. The van der Waals surface area contributed by atoms with Crippen molar-refractivity contribution in [2.75, 3.05) is 64.3 Å². The van der Waals surface area contributed by atoms with Crippen LogP contribution in [0.5, 0.6) is 0 Å². The molecule has 0 amide bonds. The molecule has 0 aliphatic carbocycles. The summed E-state index contributed by atoms with van der Waals surface area (Å²) in [5.74, 6) is 0. The van der Waals surface area contributed by atoms with Gasteiger partial charge in [-0.3, -0.25) is 9.80 Å². The molecule has 0 saturated carbocycles. The summed E-state index contributed by atoms with van der Waals surface area (Å²) in [7, 11) is 1.86. The molecule has 0 unspecified atom stereocenters. The highest BCUT2D eigenvalue weighted by atomic mass is 19.4. The van der Waals surface area contributed by atoms with Crippen molar-refractivity contribution in [3.63, 3.8) is 0 Å². The minimum atomic E-state index is -4.55. The fourth-order valence-corrected chi connectivity index (χ4v) is 6.40. The Morgan fingerprint density at radius 1 is 0.617 bits per heavy atom. The number of likely N-dealkylation sites (N-methyl/N-ethyl adjacent to an activating group) is 1. The first-order chi connectivity index (χ1) is 22.1. The zero-order valence-electron chi connectivity index (χ0n) is 25.9. The molecule has 0 radical (unpaired) electrons. The van der Waals surface area contributed by atoms with E-state index in [2.05, 4.69) is 4.90 Å². The van der Waals surface area contributed by atoms with Gasteiger partial charge in [-0.1, -0.05) is 24.3 Å². The molecule has 0 atom stereocenters. The highest BCUT2D eigenvalue weighted by molar-refractivity contribution is 5.51. The van der Waals surface area contributed by atoms with Gasteiger partial charge in [0.15, 0.2) is 0 Å². The van der Waals surface area contributed by atoms with Crippen LogP contribution < -0.4 is 4.90 Å². The lowest BCUT2D eigenvalue weighted by molar-refractivity contribution is -0.139. The molecule has 3 aromatic carbocycles. The average Bonchev–Trinajstić information content (AvgIpc) is 3.54. The summed E-state index contributed by atoms with van der Waals surface area (Å²) >= 11 is 0. The van der Waals surface area contributed by atoms with Crippen molar-refractivity contribution < 1.29 is 39.5 Å². The van der Waals surface area contributed by atoms with E-state index in [4.69, 9.17) is 0 Å². The number of hydrogen-bond donors (Lipinski definition) is 0. The molecule has 2 aliphatic rings. The molecule has 0 bridgehead atoms. The molecule has 2 heterocycles. The molecule has 0 N–H and O–H groups in total. The van der Waals surface area contributed by atoms with E-state index < -0.39 is 41.3 Å². The molecule has 0 spiro atoms. The van der Waals surface area contributed by atoms with Crippen LogP contribution in [0, 0.1) is 0 Å². The fourth-order valence-electron chi connectivity index (χ4n) is 6.40. The van der Waals surface area contributed by atoms with Crippen LogP contribution in [0.2, 0.25) is 0 Å². The van der Waals surface area contributed by atoms with Crippen molar-refractivity contribution >= 4 is 5.69 Å². The van der Waals surface area contributed by atoms with Gasteiger partial charge in [0.25, 0.3) is 0 Å². The second kappa shape index (κ2) is 14.1. The van der Waals surface area contributed by atoms with Crippen LogP contribution in [0.25, 0.3) is 0 Å². The van der Waals surface area contributed by atoms with Crippen LogP contribution in [0.4, 0.5) is 45.2 Å². The Labute approximate surface area is 268 Å². The van der Waals surface area contributed by atoms with E-state index in [1.165, 1.54) is 30.3 Å². The highest BCUT2D eigenvalue weighted by Crippen LogP contribution is 2.37. The second-order valence-corrected chi connectivity index (χ2v) is 12.3. The normalized spacial score (nSPS) is 17.5. The second-order valence-electron chi connectivity index (χ2n) is 12.3. The van der Waals surface area contributed by atoms with Crippen LogP contribution in [0.3, 0.4) is 0 Å². The molecule has 13 heteroatoms. The molecule has 0 aromatic heterocycles. The summed E-state index contributed by atoms with van der Waals surface area (Å²) in [4.78, 5) is 8.13. The predicted molar refractivity (Wildman–Crippen MR) is 162 cm³/mol. The lowest BCUT2D eigenvalue weighted by Gasteiger charge is -2.40. The smallest absolute Gasteiger partial charge is 0.373 e. The summed E-state index contributed by atoms with van der Waals surface area (Å²) in [6, 6.07) is 12.6. The van der Waals surface area contributed by atoms with Crippen molar-refractivity contribution in [3.05, 3.63) is 100 Å². The molecule has 2 saturated heterocycles. The third kappa shape index (κ3) is 8.80. The van der Waals surface area contributed by atoms with Gasteiger partial charge in [-0.05, 0) is 85.1 Å². The number of halogens is 9. The largest absolute Gasteiger partial charge is 0.416 e. The van der Waals surface area contributed by atoms with Crippen molar-refractivity contribution in [2.45, 2.75) is 44.0 Å². The Morgan fingerprint density at radius 2 is 1.13 bits per heavy atom. The molecule has 47 heavy (non-hydrogen) atoms. The zero-order valence-corrected chi connectivity index (χ0v) is 25.9. The van der Waals surface area contributed by atoms with Gasteiger partial charge in [0.2, 0.25) is 0 Å². The van der Waals surface area contributed by atoms with Crippen LogP contribution >= 0.6 is 0 Å². The van der Waals surface area contributed by atoms with Gasteiger partial charge in [-0.15, -0.1) is 0 Å². The zero-order chi connectivity index (χ0) is 34.0. The minimum absolute atomic E-state index is 0.0434. The van der Waals surface area contributed by atoms with Gasteiger partial charge in [-0.2, -0.15) is 39.5 Å². The molecule has 2 aliphatic heterocycles. The Hall–Kier alpha value is -3.29. The van der Waals surface area contributed by atoms with Gasteiger partial charge in [0.1, 0.15) is 0 Å². The topological polar surface area (TPSA) is 13.0 Å². The molecular weight excluding hydrogens is 635 g/mol. The first kappa shape index (κ1) is 35.0. The van der Waals surface area contributed by atoms with E-state index >= 15 is 0 Å². The van der Waals surface area contributed by atoms with Crippen molar-refractivity contribution in [3.8, 4) is 0 Å². The van der Waals surface area contributed by atoms with Crippen molar-refractivity contribution in [1.29, 1.82) is 0 Å². The number of hydrogen-bond acceptors (Lipinski definition) is 4. The number of anilines is 1. The van der Waals surface area contributed by atoms with Crippen molar-refractivity contribution in [2.24, 2.45) is 0 Å². The van der Waals surface area contributed by atoms with Gasteiger partial charge < -0.3 is 9.80 Å². The molecule has 4 nitrogen and oxygen atoms in total. The fraction of sp³-hybridized carbons (Fsp3) is 0.471. The standard InChI is InChI=1S/C34H37F9N4/c1-44(16-17-45-14-2-3-15-45)29-12-13-30(34(41,42)43)26(22-29)23-46-18-20-47(21-19-46)31(24-4-8-27(9-5-24)32(35,36)37)25-6-10-28(11-7-25)33(38,39)40/h4-13,22,31H,2-3,14-21,23H2,1H3. The van der Waals surface area contributed by atoms with Crippen LogP contribution in [-0.4, -0.2) is 74.1 Å². The van der Waals surface area contributed by atoms with Gasteiger partial charge >= 0.3 is 18.5 Å². The summed E-state index contributed by atoms with van der Waals surface area (Å²) in [5, 5.41) is 0. The number of rotatable bonds is 9. The Balaban J connectivity index is 1.33. The number of alkyl halides is 9. The van der Waals surface area contributed by atoms with Crippen LogP contribution in [0.15, 0.2) is 66.7 Å². The van der Waals surface area contributed by atoms with E-state index in [0.29, 0.717) is 49.5 Å². The third-order valence-corrected chi connectivity index (χ3v) is 9.06. The Morgan fingerprint density at radius 3 is 1.60 bits per heavy atom. The SMILES string of the molecule is CN(CCN1CCCC1)c1ccc(C(F)(F)F)c(CN2CCN(C(c3ccc(C(F)(F)F)cc3)c3ccc(C(F)(F)F)cc3)CC2)c1. The number of piperazine rings is 1. The summed E-state index contributed by atoms with van der Waals surface area (Å²) in [6.07, 6.45) is -11.3. The first-order valence-electron chi connectivity index (χ1n) is 15.5. The van der Waals surface area contributed by atoms with Crippen LogP contribution in [-0.2, 0) is 25.1 Å². The molecule has 5 rings (SSSR count). The predicted octanol–water partition coefficient (Wildman–Crippen LogP) is 8.18. The quantitative estimate of drug-likeness (QED) is 0.213. The molecular formula is C34H37F9N4. The first-order valence-corrected chi connectivity index (χ1v) is 15.5. The Kier molecular flexibility index (Phi) is 10.5. The Bertz CT molecular complexity index is 1400. The maximum atomic E-state index is 14.0.